The van der Waals surface area contributed by atoms with Crippen molar-refractivity contribution in [1.29, 1.82) is 0 Å². The number of sulfonamides is 1. The summed E-state index contributed by atoms with van der Waals surface area (Å²) in [6, 6.07) is 2.27. The van der Waals surface area contributed by atoms with Crippen molar-refractivity contribution < 1.29 is 13.2 Å². The predicted molar refractivity (Wildman–Crippen MR) is 76.5 cm³/mol. The molecule has 20 heavy (non-hydrogen) atoms. The normalized spacial score (nSPS) is 13.2. The van der Waals surface area contributed by atoms with Crippen molar-refractivity contribution in [1.82, 2.24) is 9.71 Å². The summed E-state index contributed by atoms with van der Waals surface area (Å²) in [5.74, 6) is -0.974. The molecule has 0 aliphatic carbocycles. The van der Waals surface area contributed by atoms with Crippen LogP contribution >= 0.6 is 0 Å². The van der Waals surface area contributed by atoms with E-state index < -0.39 is 22.0 Å². The van der Waals surface area contributed by atoms with Crippen LogP contribution in [0.2, 0.25) is 0 Å². The van der Waals surface area contributed by atoms with Crippen molar-refractivity contribution in [3.63, 3.8) is 0 Å². The Kier molecular flexibility index (Phi) is 5.46. The Bertz CT molecular complexity index is 572. The van der Waals surface area contributed by atoms with Gasteiger partial charge in [-0.1, -0.05) is 13.8 Å². The molecule has 1 heterocycles. The van der Waals surface area contributed by atoms with Gasteiger partial charge in [-0.05, 0) is 25.0 Å². The summed E-state index contributed by atoms with van der Waals surface area (Å²) in [4.78, 5) is 15.2. The molecule has 0 radical (unpaired) electrons. The van der Waals surface area contributed by atoms with Crippen LogP contribution < -0.4 is 15.8 Å². The molecule has 1 rings (SSSR count). The lowest BCUT2D eigenvalue weighted by Gasteiger charge is -2.19. The largest absolute Gasteiger partial charge is 0.383 e. The van der Waals surface area contributed by atoms with Crippen molar-refractivity contribution in [2.75, 3.05) is 11.9 Å². The van der Waals surface area contributed by atoms with Gasteiger partial charge in [0.15, 0.2) is 5.03 Å². The van der Waals surface area contributed by atoms with E-state index in [-0.39, 0.29) is 10.9 Å². The Balaban J connectivity index is 3.14. The fourth-order valence-corrected chi connectivity index (χ4v) is 3.14. The highest BCUT2D eigenvalue weighted by molar-refractivity contribution is 7.89. The van der Waals surface area contributed by atoms with Crippen LogP contribution in [0.1, 0.15) is 20.8 Å². The van der Waals surface area contributed by atoms with Gasteiger partial charge in [-0.2, -0.15) is 4.72 Å². The topological polar surface area (TPSA) is 114 Å². The number of carbonyl (C=O) groups excluding carboxylic acids is 1. The van der Waals surface area contributed by atoms with Gasteiger partial charge in [-0.15, -0.1) is 0 Å². The number of anilines is 1. The average molecular weight is 300 g/mol. The summed E-state index contributed by atoms with van der Waals surface area (Å²) in [6.07, 6.45) is 1.38. The van der Waals surface area contributed by atoms with E-state index in [1.807, 2.05) is 6.92 Å². The van der Waals surface area contributed by atoms with E-state index >= 15 is 0 Å². The number of nitrogens with two attached hydrogens (primary N) is 1. The van der Waals surface area contributed by atoms with Crippen LogP contribution in [-0.2, 0) is 14.8 Å². The molecule has 1 aromatic heterocycles. The van der Waals surface area contributed by atoms with Gasteiger partial charge in [0.25, 0.3) is 10.0 Å². The molecule has 0 spiro atoms. The fraction of sp³-hybridized carbons (Fsp3) is 0.500. The molecule has 0 aliphatic heterocycles. The van der Waals surface area contributed by atoms with Crippen molar-refractivity contribution in [3.8, 4) is 0 Å². The Morgan fingerprint density at radius 1 is 1.45 bits per heavy atom. The molecule has 0 aromatic carbocycles. The molecule has 1 atom stereocenters. The van der Waals surface area contributed by atoms with E-state index in [0.29, 0.717) is 12.2 Å². The summed E-state index contributed by atoms with van der Waals surface area (Å²) in [5, 5.41) is 2.77. The number of aromatic nitrogens is 1. The first-order valence-electron chi connectivity index (χ1n) is 6.30. The minimum atomic E-state index is -3.93. The number of primary amides is 1. The van der Waals surface area contributed by atoms with E-state index in [0.717, 1.165) is 0 Å². The molecule has 1 unspecified atom stereocenters. The second kappa shape index (κ2) is 6.67. The fourth-order valence-electron chi connectivity index (χ4n) is 1.68. The molecule has 8 heteroatoms. The maximum absolute atomic E-state index is 12.3. The molecule has 112 valence electrons. The number of carbonyl (C=O) groups is 1. The SMILES string of the molecule is CCNc1cccnc1S(=O)(=O)NC(C(N)=O)C(C)C. The van der Waals surface area contributed by atoms with Crippen molar-refractivity contribution in [3.05, 3.63) is 18.3 Å². The predicted octanol–water partition coefficient (Wildman–Crippen LogP) is 0.302. The molecule has 0 saturated carbocycles. The van der Waals surface area contributed by atoms with Crippen molar-refractivity contribution >= 4 is 21.6 Å². The van der Waals surface area contributed by atoms with Crippen LogP contribution in [0.15, 0.2) is 23.4 Å². The van der Waals surface area contributed by atoms with E-state index in [2.05, 4.69) is 15.0 Å². The second-order valence-corrected chi connectivity index (χ2v) is 6.26. The highest BCUT2D eigenvalue weighted by Gasteiger charge is 2.28. The third kappa shape index (κ3) is 3.91. The molecular weight excluding hydrogens is 280 g/mol. The van der Waals surface area contributed by atoms with Crippen LogP contribution in [0.4, 0.5) is 5.69 Å². The summed E-state index contributed by atoms with van der Waals surface area (Å²) < 4.78 is 27.0. The van der Waals surface area contributed by atoms with Gasteiger partial charge in [0.1, 0.15) is 6.04 Å². The van der Waals surface area contributed by atoms with Gasteiger partial charge in [0.2, 0.25) is 5.91 Å². The second-order valence-electron chi connectivity index (χ2n) is 4.63. The summed E-state index contributed by atoms with van der Waals surface area (Å²) in [7, 11) is -3.93. The Labute approximate surface area is 119 Å². The first kappa shape index (κ1) is 16.4. The first-order chi connectivity index (χ1) is 9.29. The lowest BCUT2D eigenvalue weighted by molar-refractivity contribution is -0.120. The smallest absolute Gasteiger partial charge is 0.260 e. The van der Waals surface area contributed by atoms with Crippen molar-refractivity contribution in [2.24, 2.45) is 11.7 Å². The lowest BCUT2D eigenvalue weighted by Crippen LogP contribution is -2.47. The molecular formula is C12H20N4O3S. The van der Waals surface area contributed by atoms with Crippen LogP contribution in [-0.4, -0.2) is 31.9 Å². The first-order valence-corrected chi connectivity index (χ1v) is 7.78. The molecule has 0 saturated heterocycles. The third-order valence-corrected chi connectivity index (χ3v) is 4.05. The van der Waals surface area contributed by atoms with Crippen LogP contribution in [0.5, 0.6) is 0 Å². The number of rotatable bonds is 7. The zero-order chi connectivity index (χ0) is 15.3. The highest BCUT2D eigenvalue weighted by Crippen LogP contribution is 2.18. The number of nitrogens with one attached hydrogen (secondary N) is 2. The van der Waals surface area contributed by atoms with E-state index in [9.17, 15) is 13.2 Å². The Hall–Kier alpha value is -1.67. The minimum absolute atomic E-state index is 0.145. The van der Waals surface area contributed by atoms with E-state index in [4.69, 9.17) is 5.73 Å². The van der Waals surface area contributed by atoms with E-state index in [1.165, 1.54) is 6.20 Å². The monoisotopic (exact) mass is 300 g/mol. The number of pyridine rings is 1. The average Bonchev–Trinajstić information content (AvgIpc) is 2.36. The van der Waals surface area contributed by atoms with Gasteiger partial charge in [0, 0.05) is 12.7 Å². The Morgan fingerprint density at radius 3 is 2.60 bits per heavy atom. The standard InChI is InChI=1S/C12H20N4O3S/c1-4-14-9-6-5-7-15-12(9)20(18,19)16-10(8(2)3)11(13)17/h5-8,10,14,16H,4H2,1-3H3,(H2,13,17). The number of nitrogens with zero attached hydrogens (tertiary/aromatic N) is 1. The zero-order valence-electron chi connectivity index (χ0n) is 11.8. The van der Waals surface area contributed by atoms with Crippen LogP contribution in [0.3, 0.4) is 0 Å². The molecule has 1 amide bonds. The Morgan fingerprint density at radius 2 is 2.10 bits per heavy atom. The summed E-state index contributed by atoms with van der Waals surface area (Å²) in [6.45, 7) is 5.82. The number of hydrogen-bond acceptors (Lipinski definition) is 5. The van der Waals surface area contributed by atoms with Gasteiger partial charge in [-0.25, -0.2) is 13.4 Å². The quantitative estimate of drug-likeness (QED) is 0.670. The highest BCUT2D eigenvalue weighted by atomic mass is 32.2. The molecule has 7 nitrogen and oxygen atoms in total. The van der Waals surface area contributed by atoms with Gasteiger partial charge < -0.3 is 11.1 Å². The number of hydrogen-bond donors (Lipinski definition) is 3. The zero-order valence-corrected chi connectivity index (χ0v) is 12.6. The van der Waals surface area contributed by atoms with Crippen LogP contribution in [0.25, 0.3) is 0 Å². The summed E-state index contributed by atoms with van der Waals surface area (Å²) in [5.41, 5.74) is 5.60. The minimum Gasteiger partial charge on any atom is -0.383 e. The maximum Gasteiger partial charge on any atom is 0.260 e. The summed E-state index contributed by atoms with van der Waals surface area (Å²) >= 11 is 0. The molecule has 0 bridgehead atoms. The molecule has 1 aromatic rings. The van der Waals surface area contributed by atoms with Gasteiger partial charge in [-0.3, -0.25) is 4.79 Å². The van der Waals surface area contributed by atoms with Gasteiger partial charge in [0.05, 0.1) is 5.69 Å². The maximum atomic E-state index is 12.3. The van der Waals surface area contributed by atoms with E-state index in [1.54, 1.807) is 26.0 Å². The molecule has 4 N–H and O–H groups in total. The van der Waals surface area contributed by atoms with Gasteiger partial charge >= 0.3 is 0 Å². The lowest BCUT2D eigenvalue weighted by atomic mass is 10.1. The van der Waals surface area contributed by atoms with Crippen molar-refractivity contribution in [2.45, 2.75) is 31.8 Å². The third-order valence-electron chi connectivity index (χ3n) is 2.65. The number of amides is 1. The molecule has 0 aliphatic rings. The molecule has 0 fully saturated rings. The van der Waals surface area contributed by atoms with Crippen LogP contribution in [0, 0.1) is 5.92 Å².